The summed E-state index contributed by atoms with van der Waals surface area (Å²) in [4.78, 5) is 10.4. The van der Waals surface area contributed by atoms with Crippen molar-refractivity contribution in [3.63, 3.8) is 0 Å². The number of carbonyl (C=O) groups is 1. The monoisotopic (exact) mass is 300 g/mol. The third-order valence-electron chi connectivity index (χ3n) is 3.35. The van der Waals surface area contributed by atoms with Crippen LogP contribution < -0.4 is 4.74 Å². The standard InChI is InChI=1S/C11H14O3.C8H10/c1-8-3-4-9(5-6-11(12)13)7-10(8)14-2;1-2-8-6-4-3-5-7-8/h3-4,7H,5-6H2,1-2H3,(H,12,13);3-7H,2H2,1H3. The summed E-state index contributed by atoms with van der Waals surface area (Å²) in [5.41, 5.74) is 3.47. The number of ether oxygens (including phenoxy) is 1. The van der Waals surface area contributed by atoms with E-state index in [1.165, 1.54) is 5.56 Å². The molecule has 0 heterocycles. The van der Waals surface area contributed by atoms with Gasteiger partial charge in [-0.15, -0.1) is 0 Å². The van der Waals surface area contributed by atoms with Crippen LogP contribution in [-0.2, 0) is 17.6 Å². The molecule has 22 heavy (non-hydrogen) atoms. The number of rotatable bonds is 5. The van der Waals surface area contributed by atoms with Gasteiger partial charge in [-0.05, 0) is 42.5 Å². The van der Waals surface area contributed by atoms with Gasteiger partial charge in [-0.2, -0.15) is 0 Å². The maximum atomic E-state index is 10.4. The molecule has 0 saturated heterocycles. The molecule has 0 aliphatic rings. The molecule has 3 heteroatoms. The Morgan fingerprint density at radius 2 is 1.77 bits per heavy atom. The molecular formula is C19H24O3. The van der Waals surface area contributed by atoms with Crippen molar-refractivity contribution in [3.8, 4) is 5.75 Å². The van der Waals surface area contributed by atoms with Crippen LogP contribution in [0.1, 0.15) is 30.0 Å². The van der Waals surface area contributed by atoms with Crippen LogP contribution in [0, 0.1) is 6.92 Å². The fourth-order valence-electron chi connectivity index (χ4n) is 1.98. The molecule has 0 aromatic heterocycles. The Morgan fingerprint density at radius 1 is 1.09 bits per heavy atom. The summed E-state index contributed by atoms with van der Waals surface area (Å²) in [5.74, 6) is 0.0393. The second-order valence-corrected chi connectivity index (χ2v) is 5.04. The van der Waals surface area contributed by atoms with E-state index in [1.54, 1.807) is 7.11 Å². The largest absolute Gasteiger partial charge is 0.496 e. The summed E-state index contributed by atoms with van der Waals surface area (Å²) in [6.07, 6.45) is 1.85. The molecule has 0 aliphatic carbocycles. The fourth-order valence-corrected chi connectivity index (χ4v) is 1.98. The Morgan fingerprint density at radius 3 is 2.27 bits per heavy atom. The molecule has 0 radical (unpaired) electrons. The van der Waals surface area contributed by atoms with Crippen molar-refractivity contribution in [2.45, 2.75) is 33.1 Å². The Hall–Kier alpha value is -2.29. The number of carboxylic acids is 1. The van der Waals surface area contributed by atoms with Gasteiger partial charge in [-0.3, -0.25) is 4.79 Å². The van der Waals surface area contributed by atoms with E-state index in [2.05, 4.69) is 31.2 Å². The highest BCUT2D eigenvalue weighted by Gasteiger charge is 2.02. The molecule has 0 bridgehead atoms. The van der Waals surface area contributed by atoms with Gasteiger partial charge in [-0.1, -0.05) is 49.4 Å². The minimum atomic E-state index is -0.774. The first-order chi connectivity index (χ1) is 10.6. The van der Waals surface area contributed by atoms with Gasteiger partial charge in [0, 0.05) is 6.42 Å². The van der Waals surface area contributed by atoms with Crippen LogP contribution in [0.25, 0.3) is 0 Å². The summed E-state index contributed by atoms with van der Waals surface area (Å²) in [5, 5.41) is 8.52. The van der Waals surface area contributed by atoms with E-state index in [0.717, 1.165) is 23.3 Å². The predicted octanol–water partition coefficient (Wildman–Crippen LogP) is 4.27. The summed E-state index contributed by atoms with van der Waals surface area (Å²) in [6.45, 7) is 4.12. The van der Waals surface area contributed by atoms with Crippen molar-refractivity contribution in [1.29, 1.82) is 0 Å². The van der Waals surface area contributed by atoms with Crippen LogP contribution in [0.3, 0.4) is 0 Å². The molecule has 0 atom stereocenters. The number of hydrogen-bond acceptors (Lipinski definition) is 2. The molecule has 2 rings (SSSR count). The summed E-state index contributed by atoms with van der Waals surface area (Å²) in [7, 11) is 1.61. The van der Waals surface area contributed by atoms with Gasteiger partial charge in [0.2, 0.25) is 0 Å². The lowest BCUT2D eigenvalue weighted by Gasteiger charge is -2.06. The molecule has 0 spiro atoms. The lowest BCUT2D eigenvalue weighted by molar-refractivity contribution is -0.136. The summed E-state index contributed by atoms with van der Waals surface area (Å²) < 4.78 is 5.15. The van der Waals surface area contributed by atoms with Crippen LogP contribution in [0.4, 0.5) is 0 Å². The van der Waals surface area contributed by atoms with Crippen LogP contribution >= 0.6 is 0 Å². The van der Waals surface area contributed by atoms with E-state index in [-0.39, 0.29) is 6.42 Å². The number of hydrogen-bond donors (Lipinski definition) is 1. The normalized spacial score (nSPS) is 9.59. The topological polar surface area (TPSA) is 46.5 Å². The van der Waals surface area contributed by atoms with Crippen molar-refractivity contribution in [2.75, 3.05) is 7.11 Å². The van der Waals surface area contributed by atoms with E-state index in [9.17, 15) is 4.79 Å². The Kier molecular flexibility index (Phi) is 7.76. The Labute approximate surface area is 132 Å². The molecule has 2 aromatic carbocycles. The first kappa shape index (κ1) is 17.8. The van der Waals surface area contributed by atoms with Crippen LogP contribution in [0.2, 0.25) is 0 Å². The minimum absolute atomic E-state index is 0.159. The van der Waals surface area contributed by atoms with Gasteiger partial charge in [0.25, 0.3) is 0 Å². The van der Waals surface area contributed by atoms with Crippen molar-refractivity contribution in [1.82, 2.24) is 0 Å². The van der Waals surface area contributed by atoms with Gasteiger partial charge < -0.3 is 9.84 Å². The molecule has 0 aliphatic heterocycles. The maximum Gasteiger partial charge on any atom is 0.303 e. The zero-order valence-corrected chi connectivity index (χ0v) is 13.5. The van der Waals surface area contributed by atoms with Crippen LogP contribution in [0.5, 0.6) is 5.75 Å². The third-order valence-corrected chi connectivity index (χ3v) is 3.35. The smallest absolute Gasteiger partial charge is 0.303 e. The molecule has 0 saturated carbocycles. The Bertz CT molecular complexity index is 576. The molecule has 3 nitrogen and oxygen atoms in total. The van der Waals surface area contributed by atoms with E-state index in [0.29, 0.717) is 6.42 Å². The number of carboxylic acid groups (broad SMARTS) is 1. The number of aryl methyl sites for hydroxylation is 3. The predicted molar refractivity (Wildman–Crippen MR) is 89.5 cm³/mol. The molecule has 118 valence electrons. The van der Waals surface area contributed by atoms with E-state index in [4.69, 9.17) is 9.84 Å². The minimum Gasteiger partial charge on any atom is -0.496 e. The van der Waals surface area contributed by atoms with Crippen LogP contribution in [-0.4, -0.2) is 18.2 Å². The van der Waals surface area contributed by atoms with Gasteiger partial charge >= 0.3 is 5.97 Å². The lowest BCUT2D eigenvalue weighted by atomic mass is 10.1. The molecule has 1 N–H and O–H groups in total. The molecule has 0 unspecified atom stereocenters. The van der Waals surface area contributed by atoms with E-state index >= 15 is 0 Å². The summed E-state index contributed by atoms with van der Waals surface area (Å²) >= 11 is 0. The fraction of sp³-hybridized carbons (Fsp3) is 0.316. The van der Waals surface area contributed by atoms with Crippen molar-refractivity contribution >= 4 is 5.97 Å². The van der Waals surface area contributed by atoms with Crippen molar-refractivity contribution in [2.24, 2.45) is 0 Å². The third kappa shape index (κ3) is 6.44. The average Bonchev–Trinajstić information content (AvgIpc) is 2.55. The van der Waals surface area contributed by atoms with E-state index in [1.807, 2.05) is 31.2 Å². The first-order valence-corrected chi connectivity index (χ1v) is 7.46. The number of aliphatic carboxylic acids is 1. The number of methoxy groups -OCH3 is 1. The van der Waals surface area contributed by atoms with Crippen molar-refractivity contribution < 1.29 is 14.6 Å². The second-order valence-electron chi connectivity index (χ2n) is 5.04. The average molecular weight is 300 g/mol. The second kappa shape index (κ2) is 9.61. The first-order valence-electron chi connectivity index (χ1n) is 7.46. The van der Waals surface area contributed by atoms with Gasteiger partial charge in [-0.25, -0.2) is 0 Å². The van der Waals surface area contributed by atoms with E-state index < -0.39 is 5.97 Å². The molecule has 2 aromatic rings. The quantitative estimate of drug-likeness (QED) is 0.897. The SMILES string of the molecule is CCc1ccccc1.COc1cc(CCC(=O)O)ccc1C. The zero-order chi connectivity index (χ0) is 16.4. The summed E-state index contributed by atoms with van der Waals surface area (Å²) in [6, 6.07) is 16.2. The Balaban J connectivity index is 0.000000255. The highest BCUT2D eigenvalue weighted by atomic mass is 16.5. The maximum absolute atomic E-state index is 10.4. The molecule has 0 fully saturated rings. The van der Waals surface area contributed by atoms with Gasteiger partial charge in [0.05, 0.1) is 7.11 Å². The highest BCUT2D eigenvalue weighted by Crippen LogP contribution is 2.19. The number of benzene rings is 2. The molecular weight excluding hydrogens is 276 g/mol. The van der Waals surface area contributed by atoms with Gasteiger partial charge in [0.1, 0.15) is 5.75 Å². The van der Waals surface area contributed by atoms with Crippen molar-refractivity contribution in [3.05, 3.63) is 65.2 Å². The molecule has 0 amide bonds. The zero-order valence-electron chi connectivity index (χ0n) is 13.5. The lowest BCUT2D eigenvalue weighted by Crippen LogP contribution is -1.98. The highest BCUT2D eigenvalue weighted by molar-refractivity contribution is 5.67. The van der Waals surface area contributed by atoms with Gasteiger partial charge in [0.15, 0.2) is 0 Å². The van der Waals surface area contributed by atoms with Crippen LogP contribution in [0.15, 0.2) is 48.5 Å².